The van der Waals surface area contributed by atoms with Gasteiger partial charge in [-0.3, -0.25) is 4.90 Å². The van der Waals surface area contributed by atoms with Crippen LogP contribution in [0.2, 0.25) is 0 Å². The lowest BCUT2D eigenvalue weighted by Crippen LogP contribution is -2.42. The quantitative estimate of drug-likeness (QED) is 0.798. The van der Waals surface area contributed by atoms with Crippen LogP contribution in [0, 0.1) is 13.5 Å². The van der Waals surface area contributed by atoms with Crippen molar-refractivity contribution >= 4 is 0 Å². The molecule has 1 nitrogen and oxygen atoms in total. The van der Waals surface area contributed by atoms with E-state index in [0.717, 1.165) is 32.4 Å². The molecule has 1 heterocycles. The van der Waals surface area contributed by atoms with E-state index < -0.39 is 0 Å². The highest BCUT2D eigenvalue weighted by Crippen LogP contribution is 2.41. The number of nitrogens with zero attached hydrogens (tertiary/aromatic N) is 1. The van der Waals surface area contributed by atoms with Crippen molar-refractivity contribution < 1.29 is 0 Å². The summed E-state index contributed by atoms with van der Waals surface area (Å²) in [5.41, 5.74) is 3.06. The van der Waals surface area contributed by atoms with Gasteiger partial charge >= 0.3 is 0 Å². The molecule has 2 radical (unpaired) electrons. The van der Waals surface area contributed by atoms with Gasteiger partial charge in [-0.05, 0) is 43.5 Å². The average molecular weight is 277 g/mol. The molecule has 0 amide bonds. The van der Waals surface area contributed by atoms with Gasteiger partial charge in [0.1, 0.15) is 0 Å². The maximum absolute atomic E-state index is 3.94. The topological polar surface area (TPSA) is 3.24 Å². The fourth-order valence-corrected chi connectivity index (χ4v) is 3.53. The molecular formula is C20H23N. The molecule has 1 aliphatic heterocycles. The van der Waals surface area contributed by atoms with Crippen molar-refractivity contribution in [2.75, 3.05) is 13.1 Å². The van der Waals surface area contributed by atoms with Crippen LogP contribution >= 0.6 is 0 Å². The molecule has 0 N–H and O–H groups in total. The fraction of sp³-hybridized carbons (Fsp3) is 0.300. The van der Waals surface area contributed by atoms with Gasteiger partial charge in [0, 0.05) is 12.0 Å². The summed E-state index contributed by atoms with van der Waals surface area (Å²) in [6.07, 6.45) is 3.21. The second kappa shape index (κ2) is 6.44. The Morgan fingerprint density at radius 2 is 1.33 bits per heavy atom. The monoisotopic (exact) mass is 277 g/mol. The zero-order valence-electron chi connectivity index (χ0n) is 12.5. The van der Waals surface area contributed by atoms with Gasteiger partial charge in [-0.1, -0.05) is 67.6 Å². The van der Waals surface area contributed by atoms with Crippen LogP contribution in [-0.4, -0.2) is 18.0 Å². The van der Waals surface area contributed by atoms with Crippen molar-refractivity contribution in [3.63, 3.8) is 0 Å². The van der Waals surface area contributed by atoms with Crippen LogP contribution in [0.25, 0.3) is 0 Å². The van der Waals surface area contributed by atoms with E-state index in [0.29, 0.717) is 0 Å². The van der Waals surface area contributed by atoms with Crippen molar-refractivity contribution in [1.29, 1.82) is 0 Å². The standard InChI is InChI=1S/C20H23N/c1-2-15-21-16-13-20(14-17-21,18-9-5-3-6-10-18)19-11-7-4-8-12-19/h3-12,15H,1-2,13-14,16-17H2. The molecule has 0 saturated carbocycles. The highest BCUT2D eigenvalue weighted by Gasteiger charge is 2.37. The lowest BCUT2D eigenvalue weighted by molar-refractivity contribution is 0.212. The lowest BCUT2D eigenvalue weighted by Gasteiger charge is -2.42. The molecule has 0 atom stereocenters. The Morgan fingerprint density at radius 3 is 1.76 bits per heavy atom. The molecule has 1 fully saturated rings. The molecule has 1 heteroatoms. The van der Waals surface area contributed by atoms with E-state index in [9.17, 15) is 0 Å². The van der Waals surface area contributed by atoms with Crippen LogP contribution in [0.1, 0.15) is 30.4 Å². The van der Waals surface area contributed by atoms with Crippen LogP contribution in [0.15, 0.2) is 60.7 Å². The molecular weight excluding hydrogens is 254 g/mol. The molecule has 2 aromatic carbocycles. The minimum atomic E-state index is 0.161. The van der Waals surface area contributed by atoms with Crippen molar-refractivity contribution in [2.45, 2.75) is 24.7 Å². The van der Waals surface area contributed by atoms with E-state index >= 15 is 0 Å². The predicted octanol–water partition coefficient (Wildman–Crippen LogP) is 4.45. The fourth-order valence-electron chi connectivity index (χ4n) is 3.53. The SMILES string of the molecule is [CH2]C[CH]N1CCC(c2ccccc2)(c2ccccc2)CC1. The molecule has 2 aromatic rings. The van der Waals surface area contributed by atoms with Gasteiger partial charge in [0.15, 0.2) is 0 Å². The lowest BCUT2D eigenvalue weighted by atomic mass is 9.68. The summed E-state index contributed by atoms with van der Waals surface area (Å²) >= 11 is 0. The number of hydrogen-bond donors (Lipinski definition) is 0. The largest absolute Gasteiger partial charge is 0.299 e. The van der Waals surface area contributed by atoms with E-state index in [-0.39, 0.29) is 5.41 Å². The average Bonchev–Trinajstić information content (AvgIpc) is 2.58. The van der Waals surface area contributed by atoms with Crippen LogP contribution in [0.5, 0.6) is 0 Å². The zero-order valence-corrected chi connectivity index (χ0v) is 12.5. The van der Waals surface area contributed by atoms with Gasteiger partial charge in [-0.25, -0.2) is 0 Å². The number of rotatable bonds is 4. The molecule has 21 heavy (non-hydrogen) atoms. The van der Waals surface area contributed by atoms with Gasteiger partial charge in [0.2, 0.25) is 0 Å². The Balaban J connectivity index is 1.94. The van der Waals surface area contributed by atoms with Crippen LogP contribution in [0.3, 0.4) is 0 Å². The summed E-state index contributed by atoms with van der Waals surface area (Å²) in [7, 11) is 0. The van der Waals surface area contributed by atoms with Crippen LogP contribution < -0.4 is 0 Å². The zero-order chi connectivity index (χ0) is 14.5. The first kappa shape index (κ1) is 14.3. The van der Waals surface area contributed by atoms with E-state index in [2.05, 4.69) is 79.0 Å². The van der Waals surface area contributed by atoms with Gasteiger partial charge in [-0.2, -0.15) is 0 Å². The molecule has 0 bridgehead atoms. The summed E-state index contributed by atoms with van der Waals surface area (Å²) in [5, 5.41) is 0. The first-order chi connectivity index (χ1) is 10.3. The minimum absolute atomic E-state index is 0.161. The second-order valence-electron chi connectivity index (χ2n) is 5.82. The third-order valence-corrected chi connectivity index (χ3v) is 4.69. The van der Waals surface area contributed by atoms with Crippen molar-refractivity contribution in [1.82, 2.24) is 4.90 Å². The van der Waals surface area contributed by atoms with Crippen LogP contribution in [0.4, 0.5) is 0 Å². The summed E-state index contributed by atoms with van der Waals surface area (Å²) in [6, 6.07) is 22.0. The highest BCUT2D eigenvalue weighted by molar-refractivity contribution is 5.40. The van der Waals surface area contributed by atoms with E-state index in [1.807, 2.05) is 0 Å². The van der Waals surface area contributed by atoms with E-state index in [1.165, 1.54) is 11.1 Å². The minimum Gasteiger partial charge on any atom is -0.299 e. The predicted molar refractivity (Wildman–Crippen MR) is 88.7 cm³/mol. The summed E-state index contributed by atoms with van der Waals surface area (Å²) in [6.45, 7) is 8.39. The summed E-state index contributed by atoms with van der Waals surface area (Å²) in [4.78, 5) is 2.43. The summed E-state index contributed by atoms with van der Waals surface area (Å²) in [5.74, 6) is 0. The van der Waals surface area contributed by atoms with E-state index in [4.69, 9.17) is 0 Å². The number of benzene rings is 2. The first-order valence-electron chi connectivity index (χ1n) is 7.83. The maximum Gasteiger partial charge on any atom is 0.0251 e. The Hall–Kier alpha value is -1.60. The molecule has 1 aliphatic rings. The van der Waals surface area contributed by atoms with Crippen LogP contribution in [-0.2, 0) is 5.41 Å². The highest BCUT2D eigenvalue weighted by atomic mass is 15.1. The van der Waals surface area contributed by atoms with Gasteiger partial charge in [-0.15, -0.1) is 0 Å². The van der Waals surface area contributed by atoms with Crippen molar-refractivity contribution in [3.05, 3.63) is 85.3 Å². The van der Waals surface area contributed by atoms with Gasteiger partial charge < -0.3 is 0 Å². The smallest absolute Gasteiger partial charge is 0.0251 e. The summed E-state index contributed by atoms with van der Waals surface area (Å²) < 4.78 is 0. The normalized spacial score (nSPS) is 18.5. The van der Waals surface area contributed by atoms with Crippen molar-refractivity contribution in [3.8, 4) is 0 Å². The molecule has 0 aromatic heterocycles. The first-order valence-corrected chi connectivity index (χ1v) is 7.83. The molecule has 3 rings (SSSR count). The molecule has 0 aliphatic carbocycles. The molecule has 1 saturated heterocycles. The third-order valence-electron chi connectivity index (χ3n) is 4.69. The molecule has 0 spiro atoms. The number of piperidine rings is 1. The maximum atomic E-state index is 3.94. The Labute approximate surface area is 128 Å². The van der Waals surface area contributed by atoms with Gasteiger partial charge in [0.05, 0.1) is 0 Å². The van der Waals surface area contributed by atoms with E-state index in [1.54, 1.807) is 0 Å². The Bertz CT molecular complexity index is 497. The van der Waals surface area contributed by atoms with Gasteiger partial charge in [0.25, 0.3) is 0 Å². The molecule has 108 valence electrons. The number of hydrogen-bond acceptors (Lipinski definition) is 1. The molecule has 0 unspecified atom stereocenters. The third kappa shape index (κ3) is 2.89. The Morgan fingerprint density at radius 1 is 0.857 bits per heavy atom. The Kier molecular flexibility index (Phi) is 4.40. The van der Waals surface area contributed by atoms with Crippen molar-refractivity contribution in [2.24, 2.45) is 0 Å². The second-order valence-corrected chi connectivity index (χ2v) is 5.82. The number of likely N-dealkylation sites (tertiary alicyclic amines) is 1.